The molecule has 0 spiro atoms. The monoisotopic (exact) mass is 368 g/mol. The Morgan fingerprint density at radius 3 is 2.92 bits per heavy atom. The van der Waals surface area contributed by atoms with Crippen LogP contribution in [-0.4, -0.2) is 26.3 Å². The van der Waals surface area contributed by atoms with E-state index in [9.17, 15) is 4.79 Å². The summed E-state index contributed by atoms with van der Waals surface area (Å²) in [6.07, 6.45) is 1.71. The number of nitrogens with one attached hydrogen (secondary N) is 1. The summed E-state index contributed by atoms with van der Waals surface area (Å²) in [6, 6.07) is 12.3. The van der Waals surface area contributed by atoms with E-state index in [1.54, 1.807) is 17.7 Å². The van der Waals surface area contributed by atoms with E-state index < -0.39 is 0 Å². The van der Waals surface area contributed by atoms with Crippen LogP contribution in [0.1, 0.15) is 11.1 Å². The summed E-state index contributed by atoms with van der Waals surface area (Å²) in [4.78, 5) is 12.1. The van der Waals surface area contributed by atoms with E-state index in [-0.39, 0.29) is 5.91 Å². The zero-order valence-corrected chi connectivity index (χ0v) is 15.2. The summed E-state index contributed by atoms with van der Waals surface area (Å²) in [5.74, 6) is 0.307. The highest BCUT2D eigenvalue weighted by Crippen LogP contribution is 2.29. The summed E-state index contributed by atoms with van der Waals surface area (Å²) in [6.45, 7) is 2.59. The number of aromatic nitrogens is 3. The van der Waals surface area contributed by atoms with Crippen molar-refractivity contribution < 1.29 is 4.79 Å². The zero-order valence-electron chi connectivity index (χ0n) is 13.6. The average Bonchev–Trinajstić information content (AvgIpc) is 3.21. The lowest BCUT2D eigenvalue weighted by Gasteiger charge is -2.06. The fourth-order valence-electron chi connectivity index (χ4n) is 2.61. The van der Waals surface area contributed by atoms with Crippen LogP contribution in [-0.2, 0) is 11.3 Å². The molecule has 0 saturated heterocycles. The van der Waals surface area contributed by atoms with E-state index in [2.05, 4.69) is 33.0 Å². The maximum atomic E-state index is 12.1. The van der Waals surface area contributed by atoms with E-state index in [0.717, 1.165) is 21.6 Å². The van der Waals surface area contributed by atoms with Gasteiger partial charge in [-0.15, -0.1) is 21.5 Å². The van der Waals surface area contributed by atoms with Crippen LogP contribution in [0, 0.1) is 6.92 Å². The van der Waals surface area contributed by atoms with Gasteiger partial charge in [0.2, 0.25) is 5.91 Å². The van der Waals surface area contributed by atoms with E-state index in [0.29, 0.717) is 12.3 Å². The van der Waals surface area contributed by atoms with Crippen LogP contribution in [0.5, 0.6) is 0 Å². The first-order valence-corrected chi connectivity index (χ1v) is 9.72. The van der Waals surface area contributed by atoms with E-state index in [4.69, 9.17) is 0 Å². The van der Waals surface area contributed by atoms with Crippen molar-refractivity contribution in [3.8, 4) is 0 Å². The van der Waals surface area contributed by atoms with Gasteiger partial charge in [-0.2, -0.15) is 0 Å². The molecule has 7 heteroatoms. The SMILES string of the molecule is Cc1ccc(CNC(=O)CSc2nncn3c2cc2sccc23)cc1. The maximum absolute atomic E-state index is 12.1. The number of amides is 1. The molecular weight excluding hydrogens is 352 g/mol. The first-order chi connectivity index (χ1) is 12.2. The van der Waals surface area contributed by atoms with Crippen LogP contribution >= 0.6 is 23.1 Å². The Labute approximate surface area is 153 Å². The van der Waals surface area contributed by atoms with Gasteiger partial charge in [0, 0.05) is 6.54 Å². The molecule has 0 bridgehead atoms. The van der Waals surface area contributed by atoms with Gasteiger partial charge in [-0.1, -0.05) is 41.6 Å². The molecule has 126 valence electrons. The van der Waals surface area contributed by atoms with Gasteiger partial charge >= 0.3 is 0 Å². The standard InChI is InChI=1S/C18H16N4OS2/c1-12-2-4-13(5-3-12)9-19-17(23)10-25-18-15-8-16-14(6-7-24-16)22(15)11-20-21-18/h2-8,11H,9-10H2,1H3,(H,19,23). The first kappa shape index (κ1) is 16.1. The number of hydrogen-bond acceptors (Lipinski definition) is 5. The van der Waals surface area contributed by atoms with Crippen molar-refractivity contribution >= 4 is 44.7 Å². The molecule has 0 fully saturated rings. The number of aryl methyl sites for hydroxylation is 1. The van der Waals surface area contributed by atoms with Gasteiger partial charge < -0.3 is 5.32 Å². The Hall–Kier alpha value is -2.38. The van der Waals surface area contributed by atoms with Crippen molar-refractivity contribution in [2.75, 3.05) is 5.75 Å². The van der Waals surface area contributed by atoms with Crippen LogP contribution in [0.2, 0.25) is 0 Å². The molecule has 1 aromatic carbocycles. The number of rotatable bonds is 5. The number of hydrogen-bond donors (Lipinski definition) is 1. The minimum absolute atomic E-state index is 0.0113. The second-order valence-electron chi connectivity index (χ2n) is 5.76. The highest BCUT2D eigenvalue weighted by molar-refractivity contribution is 8.00. The quantitative estimate of drug-likeness (QED) is 0.546. The molecule has 3 aromatic heterocycles. The Morgan fingerprint density at radius 1 is 1.24 bits per heavy atom. The highest BCUT2D eigenvalue weighted by Gasteiger charge is 2.11. The van der Waals surface area contributed by atoms with Gasteiger partial charge in [0.1, 0.15) is 11.4 Å². The number of thiophene rings is 1. The van der Waals surface area contributed by atoms with Gasteiger partial charge in [-0.3, -0.25) is 9.20 Å². The minimum atomic E-state index is -0.0113. The molecule has 4 rings (SSSR count). The third-order valence-corrected chi connectivity index (χ3v) is 5.77. The van der Waals surface area contributed by atoms with Crippen molar-refractivity contribution in [3.63, 3.8) is 0 Å². The van der Waals surface area contributed by atoms with Gasteiger partial charge in [0.25, 0.3) is 0 Å². The summed E-state index contributed by atoms with van der Waals surface area (Å²) in [5, 5.41) is 14.0. The van der Waals surface area contributed by atoms with Crippen molar-refractivity contribution in [3.05, 3.63) is 59.2 Å². The van der Waals surface area contributed by atoms with Crippen LogP contribution in [0.25, 0.3) is 15.7 Å². The largest absolute Gasteiger partial charge is 0.351 e. The molecule has 0 aliphatic heterocycles. The Bertz CT molecular complexity index is 1040. The fraction of sp³-hybridized carbons (Fsp3) is 0.167. The molecule has 1 N–H and O–H groups in total. The van der Waals surface area contributed by atoms with E-state index >= 15 is 0 Å². The Morgan fingerprint density at radius 2 is 2.08 bits per heavy atom. The number of carbonyl (C=O) groups is 1. The van der Waals surface area contributed by atoms with Gasteiger partial charge in [0.15, 0.2) is 0 Å². The lowest BCUT2D eigenvalue weighted by Crippen LogP contribution is -2.24. The summed E-state index contributed by atoms with van der Waals surface area (Å²) in [5.41, 5.74) is 4.43. The van der Waals surface area contributed by atoms with Crippen molar-refractivity contribution in [1.82, 2.24) is 19.9 Å². The van der Waals surface area contributed by atoms with E-state index in [1.165, 1.54) is 22.0 Å². The second-order valence-corrected chi connectivity index (χ2v) is 7.67. The minimum Gasteiger partial charge on any atom is -0.351 e. The fourth-order valence-corrected chi connectivity index (χ4v) is 4.20. The number of thioether (sulfide) groups is 1. The third-order valence-electron chi connectivity index (χ3n) is 3.95. The van der Waals surface area contributed by atoms with Gasteiger partial charge in [-0.25, -0.2) is 0 Å². The lowest BCUT2D eigenvalue weighted by molar-refractivity contribution is -0.118. The van der Waals surface area contributed by atoms with Crippen LogP contribution in [0.4, 0.5) is 0 Å². The first-order valence-electron chi connectivity index (χ1n) is 7.86. The van der Waals surface area contributed by atoms with Crippen molar-refractivity contribution in [2.24, 2.45) is 0 Å². The summed E-state index contributed by atoms with van der Waals surface area (Å²) >= 11 is 3.10. The van der Waals surface area contributed by atoms with Gasteiger partial charge in [0.05, 0.1) is 21.5 Å². The number of nitrogens with zero attached hydrogens (tertiary/aromatic N) is 3. The smallest absolute Gasteiger partial charge is 0.230 e. The molecule has 3 heterocycles. The van der Waals surface area contributed by atoms with Gasteiger partial charge in [-0.05, 0) is 30.0 Å². The lowest BCUT2D eigenvalue weighted by atomic mass is 10.1. The predicted molar refractivity (Wildman–Crippen MR) is 102 cm³/mol. The van der Waals surface area contributed by atoms with Crippen molar-refractivity contribution in [2.45, 2.75) is 18.5 Å². The Kier molecular flexibility index (Phi) is 4.42. The number of fused-ring (bicyclic) bond motifs is 3. The molecule has 0 atom stereocenters. The van der Waals surface area contributed by atoms with Crippen LogP contribution in [0.15, 0.2) is 53.1 Å². The summed E-state index contributed by atoms with van der Waals surface area (Å²) in [7, 11) is 0. The molecule has 5 nitrogen and oxygen atoms in total. The average molecular weight is 368 g/mol. The van der Waals surface area contributed by atoms with E-state index in [1.807, 2.05) is 35.6 Å². The molecular formula is C18H16N4OS2. The zero-order chi connectivity index (χ0) is 17.2. The second kappa shape index (κ2) is 6.85. The maximum Gasteiger partial charge on any atom is 0.230 e. The number of carbonyl (C=O) groups excluding carboxylic acids is 1. The summed E-state index contributed by atoms with van der Waals surface area (Å²) < 4.78 is 3.21. The molecule has 0 saturated carbocycles. The molecule has 0 aliphatic rings. The third kappa shape index (κ3) is 3.38. The Balaban J connectivity index is 1.41. The molecule has 4 aromatic rings. The number of benzene rings is 1. The molecule has 0 radical (unpaired) electrons. The molecule has 1 amide bonds. The molecule has 0 aliphatic carbocycles. The highest BCUT2D eigenvalue weighted by atomic mass is 32.2. The topological polar surface area (TPSA) is 59.3 Å². The van der Waals surface area contributed by atoms with Crippen LogP contribution in [0.3, 0.4) is 0 Å². The van der Waals surface area contributed by atoms with Crippen molar-refractivity contribution in [1.29, 1.82) is 0 Å². The molecule has 25 heavy (non-hydrogen) atoms. The predicted octanol–water partition coefficient (Wildman–Crippen LogP) is 3.66. The molecule has 0 unspecified atom stereocenters. The van der Waals surface area contributed by atoms with Crippen LogP contribution < -0.4 is 5.32 Å². The normalized spacial score (nSPS) is 11.2.